The molecule has 11 heteroatoms. The molecule has 0 N–H and O–H groups in total. The second-order valence-electron chi connectivity index (χ2n) is 12.1. The fourth-order valence-corrected chi connectivity index (χ4v) is 4.31. The summed E-state index contributed by atoms with van der Waals surface area (Å²) in [6.07, 6.45) is 10.1. The molecule has 0 aliphatic heterocycles. The first kappa shape index (κ1) is 32.3. The van der Waals surface area contributed by atoms with Crippen molar-refractivity contribution in [2.45, 2.75) is 65.6 Å². The molecule has 3 heterocycles. The van der Waals surface area contributed by atoms with Crippen LogP contribution in [0.5, 0.6) is 0 Å². The van der Waals surface area contributed by atoms with Gasteiger partial charge in [0.15, 0.2) is 5.82 Å². The van der Waals surface area contributed by atoms with E-state index in [4.69, 9.17) is 26.1 Å². The minimum Gasteiger partial charge on any atom is -0.443 e. The Morgan fingerprint density at radius 1 is 0.773 bits per heavy atom. The molecule has 0 bridgehead atoms. The van der Waals surface area contributed by atoms with Gasteiger partial charge in [0.05, 0.1) is 35.7 Å². The quantitative estimate of drug-likeness (QED) is 0.196. The fourth-order valence-electron chi connectivity index (χ4n) is 4.18. The Labute approximate surface area is 263 Å². The number of pyridine rings is 2. The van der Waals surface area contributed by atoms with E-state index < -0.39 is 23.4 Å². The van der Waals surface area contributed by atoms with Crippen molar-refractivity contribution in [2.24, 2.45) is 0 Å². The largest absolute Gasteiger partial charge is 0.443 e. The summed E-state index contributed by atoms with van der Waals surface area (Å²) in [4.78, 5) is 47.2. The number of ether oxygens (including phenoxy) is 2. The highest BCUT2D eigenvalue weighted by atomic mass is 35.5. The van der Waals surface area contributed by atoms with Gasteiger partial charge in [0.2, 0.25) is 0 Å². The molecule has 3 aromatic heterocycles. The molecule has 1 aromatic carbocycles. The first-order valence-electron chi connectivity index (χ1n) is 14.2. The van der Waals surface area contributed by atoms with Crippen LogP contribution >= 0.6 is 11.6 Å². The molecule has 0 atom stereocenters. The van der Waals surface area contributed by atoms with Crippen LogP contribution in [0.3, 0.4) is 0 Å². The summed E-state index contributed by atoms with van der Waals surface area (Å²) >= 11 is 6.11. The number of carbonyl (C=O) groups excluding carboxylic acids is 2. The highest BCUT2D eigenvalue weighted by Crippen LogP contribution is 2.30. The first-order valence-corrected chi connectivity index (χ1v) is 14.6. The number of aryl methyl sites for hydroxylation is 1. The SMILES string of the molecule is CC(C)(C)OC(=O)N(CCCc1ccncc1)c1cncc(-c2cncc(N(C(=O)OC(C)(C)C)c3ccc(Cl)cc3)n2)c1. The average molecular weight is 617 g/mol. The Balaban J connectivity index is 1.67. The third-order valence-electron chi connectivity index (χ3n) is 6.05. The van der Waals surface area contributed by atoms with Crippen LogP contribution in [0.1, 0.15) is 53.5 Å². The lowest BCUT2D eigenvalue weighted by Crippen LogP contribution is -2.37. The number of anilines is 3. The minimum absolute atomic E-state index is 0.242. The maximum Gasteiger partial charge on any atom is 0.420 e. The summed E-state index contributed by atoms with van der Waals surface area (Å²) in [5.41, 5.74) is 1.79. The van der Waals surface area contributed by atoms with E-state index in [0.717, 1.165) is 12.0 Å². The number of halogens is 1. The molecule has 2 amide bonds. The summed E-state index contributed by atoms with van der Waals surface area (Å²) in [6, 6.07) is 12.5. The van der Waals surface area contributed by atoms with Crippen LogP contribution in [0.25, 0.3) is 11.3 Å². The van der Waals surface area contributed by atoms with E-state index in [1.54, 1.807) is 87.0 Å². The standard InChI is InChI=1S/C33H37ClN6O4/c1-32(2,3)43-30(41)39(17-7-8-23-13-15-35-16-14-23)27-18-24(19-36-20-27)28-21-37-22-29(38-28)40(31(42)44-33(4,5)6)26-11-9-25(34)10-12-26/h9-16,18-22H,7-8,17H2,1-6H3. The summed E-state index contributed by atoms with van der Waals surface area (Å²) in [5, 5.41) is 0.524. The van der Waals surface area contributed by atoms with Crippen LogP contribution in [0.4, 0.5) is 26.8 Å². The summed E-state index contributed by atoms with van der Waals surface area (Å²) in [7, 11) is 0. The molecule has 0 aliphatic rings. The Morgan fingerprint density at radius 3 is 2.07 bits per heavy atom. The van der Waals surface area contributed by atoms with Gasteiger partial charge in [-0.15, -0.1) is 0 Å². The zero-order valence-corrected chi connectivity index (χ0v) is 26.6. The number of carbonyl (C=O) groups is 2. The Morgan fingerprint density at radius 2 is 1.41 bits per heavy atom. The maximum atomic E-state index is 13.4. The van der Waals surface area contributed by atoms with Crippen molar-refractivity contribution in [1.29, 1.82) is 0 Å². The van der Waals surface area contributed by atoms with E-state index >= 15 is 0 Å². The second-order valence-corrected chi connectivity index (χ2v) is 12.5. The third kappa shape index (κ3) is 9.21. The topological polar surface area (TPSA) is 111 Å². The zero-order valence-electron chi connectivity index (χ0n) is 25.8. The average Bonchev–Trinajstić information content (AvgIpc) is 2.95. The Hall–Kier alpha value is -4.57. The molecule has 44 heavy (non-hydrogen) atoms. The molecule has 0 unspecified atom stereocenters. The molecule has 0 aliphatic carbocycles. The van der Waals surface area contributed by atoms with Crippen LogP contribution in [0.2, 0.25) is 5.02 Å². The van der Waals surface area contributed by atoms with E-state index in [2.05, 4.69) is 15.0 Å². The lowest BCUT2D eigenvalue weighted by Gasteiger charge is -2.28. The fraction of sp³-hybridized carbons (Fsp3) is 0.333. The molecular formula is C33H37ClN6O4. The zero-order chi connectivity index (χ0) is 31.9. The summed E-state index contributed by atoms with van der Waals surface area (Å²) in [5.74, 6) is 0.242. The number of rotatable bonds is 8. The molecular weight excluding hydrogens is 580 g/mol. The smallest absolute Gasteiger partial charge is 0.420 e. The predicted molar refractivity (Wildman–Crippen MR) is 171 cm³/mol. The van der Waals surface area contributed by atoms with Gasteiger partial charge in [0, 0.05) is 35.7 Å². The maximum absolute atomic E-state index is 13.4. The highest BCUT2D eigenvalue weighted by Gasteiger charge is 2.27. The molecule has 0 saturated heterocycles. The van der Waals surface area contributed by atoms with Crippen molar-refractivity contribution in [3.05, 3.63) is 90.2 Å². The van der Waals surface area contributed by atoms with Gasteiger partial charge in [0.25, 0.3) is 0 Å². The molecule has 230 valence electrons. The van der Waals surface area contributed by atoms with Gasteiger partial charge in [0.1, 0.15) is 11.2 Å². The Bertz CT molecular complexity index is 1570. The van der Waals surface area contributed by atoms with Gasteiger partial charge in [-0.25, -0.2) is 19.5 Å². The van der Waals surface area contributed by atoms with Crippen LogP contribution in [-0.4, -0.2) is 49.9 Å². The van der Waals surface area contributed by atoms with Gasteiger partial charge in [-0.1, -0.05) is 11.6 Å². The third-order valence-corrected chi connectivity index (χ3v) is 6.31. The van der Waals surface area contributed by atoms with E-state index in [-0.39, 0.29) is 5.82 Å². The molecule has 4 aromatic rings. The highest BCUT2D eigenvalue weighted by molar-refractivity contribution is 6.30. The van der Waals surface area contributed by atoms with Gasteiger partial charge in [-0.3, -0.25) is 19.9 Å². The predicted octanol–water partition coefficient (Wildman–Crippen LogP) is 8.03. The molecule has 0 saturated carbocycles. The lowest BCUT2D eigenvalue weighted by atomic mass is 10.1. The number of hydrogen-bond acceptors (Lipinski definition) is 8. The summed E-state index contributed by atoms with van der Waals surface area (Å²) in [6.45, 7) is 11.2. The van der Waals surface area contributed by atoms with Crippen LogP contribution in [0, 0.1) is 0 Å². The van der Waals surface area contributed by atoms with Crippen LogP contribution in [-0.2, 0) is 15.9 Å². The summed E-state index contributed by atoms with van der Waals surface area (Å²) < 4.78 is 11.4. The van der Waals surface area contributed by atoms with Gasteiger partial charge in [-0.05, 0) is 102 Å². The molecule has 4 rings (SSSR count). The van der Waals surface area contributed by atoms with Crippen molar-refractivity contribution in [2.75, 3.05) is 16.3 Å². The molecule has 10 nitrogen and oxygen atoms in total. The van der Waals surface area contributed by atoms with Crippen LogP contribution in [0.15, 0.2) is 79.6 Å². The minimum atomic E-state index is -0.742. The van der Waals surface area contributed by atoms with Crippen molar-refractivity contribution < 1.29 is 19.1 Å². The number of amides is 2. The number of aromatic nitrogens is 4. The van der Waals surface area contributed by atoms with Crippen molar-refractivity contribution >= 4 is 41.0 Å². The van der Waals surface area contributed by atoms with E-state index in [1.807, 2.05) is 32.9 Å². The van der Waals surface area contributed by atoms with Gasteiger partial charge < -0.3 is 9.47 Å². The number of benzene rings is 1. The molecule has 0 fully saturated rings. The van der Waals surface area contributed by atoms with Gasteiger partial charge in [-0.2, -0.15) is 0 Å². The Kier molecular flexibility index (Phi) is 10.2. The van der Waals surface area contributed by atoms with E-state index in [1.165, 1.54) is 11.1 Å². The van der Waals surface area contributed by atoms with Crippen molar-refractivity contribution in [1.82, 2.24) is 19.9 Å². The van der Waals surface area contributed by atoms with E-state index in [0.29, 0.717) is 40.6 Å². The normalized spacial score (nSPS) is 11.5. The molecule has 0 radical (unpaired) electrons. The van der Waals surface area contributed by atoms with Crippen molar-refractivity contribution in [3.63, 3.8) is 0 Å². The van der Waals surface area contributed by atoms with Gasteiger partial charge >= 0.3 is 12.2 Å². The number of nitrogens with zero attached hydrogens (tertiary/aromatic N) is 6. The number of hydrogen-bond donors (Lipinski definition) is 0. The lowest BCUT2D eigenvalue weighted by molar-refractivity contribution is 0.0574. The first-order chi connectivity index (χ1) is 20.8. The van der Waals surface area contributed by atoms with Crippen molar-refractivity contribution in [3.8, 4) is 11.3 Å². The monoisotopic (exact) mass is 616 g/mol. The second kappa shape index (κ2) is 13.8. The van der Waals surface area contributed by atoms with E-state index in [9.17, 15) is 9.59 Å². The molecule has 0 spiro atoms. The van der Waals surface area contributed by atoms with Crippen LogP contribution < -0.4 is 9.80 Å².